The number of ether oxygens (including phenoxy) is 1. The molecule has 0 aliphatic rings. The average molecular weight is 366 g/mol. The Morgan fingerprint density at radius 3 is 2.27 bits per heavy atom. The van der Waals surface area contributed by atoms with Crippen LogP contribution in [0.1, 0.15) is 23.7 Å². The first-order valence-corrected chi connectivity index (χ1v) is 8.11. The van der Waals surface area contributed by atoms with Gasteiger partial charge in [0.2, 0.25) is 5.91 Å². The van der Waals surface area contributed by atoms with E-state index < -0.39 is 17.6 Å². The third kappa shape index (κ3) is 6.07. The summed E-state index contributed by atoms with van der Waals surface area (Å²) in [6, 6.07) is 14.0. The highest BCUT2D eigenvalue weighted by Crippen LogP contribution is 2.32. The lowest BCUT2D eigenvalue weighted by atomic mass is 10.1. The summed E-state index contributed by atoms with van der Waals surface area (Å²) >= 11 is 0. The highest BCUT2D eigenvalue weighted by molar-refractivity contribution is 5.75. The van der Waals surface area contributed by atoms with Crippen LogP contribution in [0.3, 0.4) is 0 Å². The summed E-state index contributed by atoms with van der Waals surface area (Å²) in [4.78, 5) is 12.8. The molecule has 1 amide bonds. The van der Waals surface area contributed by atoms with Gasteiger partial charge in [0.05, 0.1) is 12.1 Å². The maximum atomic E-state index is 12.7. The van der Waals surface area contributed by atoms with E-state index in [0.717, 1.165) is 17.7 Å². The van der Waals surface area contributed by atoms with Gasteiger partial charge >= 0.3 is 6.18 Å². The fourth-order valence-electron chi connectivity index (χ4n) is 2.53. The SMILES string of the molecule is CN(CCC(Oc1ccc(C(F)(F)F)cc1)c1ccccc1)CC(N)=O. The number of rotatable bonds is 8. The predicted octanol–water partition coefficient (Wildman–Crippen LogP) is 3.63. The lowest BCUT2D eigenvalue weighted by molar-refractivity contribution is -0.137. The van der Waals surface area contributed by atoms with Crippen LogP contribution in [0, 0.1) is 0 Å². The molecule has 0 radical (unpaired) electrons. The molecule has 26 heavy (non-hydrogen) atoms. The summed E-state index contributed by atoms with van der Waals surface area (Å²) in [6.07, 6.45) is -4.19. The lowest BCUT2D eigenvalue weighted by Crippen LogP contribution is -2.32. The van der Waals surface area contributed by atoms with E-state index in [1.54, 1.807) is 11.9 Å². The van der Waals surface area contributed by atoms with E-state index in [0.29, 0.717) is 18.7 Å². The number of amides is 1. The Hall–Kier alpha value is -2.54. The first-order chi connectivity index (χ1) is 12.3. The number of primary amides is 1. The normalized spacial score (nSPS) is 12.8. The van der Waals surface area contributed by atoms with Gasteiger partial charge in [0.1, 0.15) is 11.9 Å². The largest absolute Gasteiger partial charge is 0.486 e. The van der Waals surface area contributed by atoms with Crippen molar-refractivity contribution in [1.82, 2.24) is 4.90 Å². The molecule has 0 heterocycles. The second kappa shape index (κ2) is 8.71. The molecule has 0 saturated carbocycles. The zero-order valence-electron chi connectivity index (χ0n) is 14.4. The topological polar surface area (TPSA) is 55.6 Å². The van der Waals surface area contributed by atoms with E-state index in [2.05, 4.69) is 0 Å². The van der Waals surface area contributed by atoms with Crippen molar-refractivity contribution in [3.05, 3.63) is 65.7 Å². The van der Waals surface area contributed by atoms with Crippen molar-refractivity contribution in [2.75, 3.05) is 20.1 Å². The summed E-state index contributed by atoms with van der Waals surface area (Å²) in [7, 11) is 1.77. The van der Waals surface area contributed by atoms with Gasteiger partial charge in [0.15, 0.2) is 0 Å². The third-order valence-corrected chi connectivity index (χ3v) is 3.83. The molecule has 2 N–H and O–H groups in total. The Morgan fingerprint density at radius 1 is 1.12 bits per heavy atom. The van der Waals surface area contributed by atoms with Crippen LogP contribution in [0.25, 0.3) is 0 Å². The van der Waals surface area contributed by atoms with Gasteiger partial charge in [-0.05, 0) is 36.9 Å². The number of likely N-dealkylation sites (N-methyl/N-ethyl adjacent to an activating group) is 1. The Kier molecular flexibility index (Phi) is 6.63. The number of carbonyl (C=O) groups is 1. The molecule has 2 aromatic carbocycles. The summed E-state index contributed by atoms with van der Waals surface area (Å²) in [6.45, 7) is 0.672. The number of alkyl halides is 3. The van der Waals surface area contributed by atoms with Crippen LogP contribution in [0.5, 0.6) is 5.75 Å². The van der Waals surface area contributed by atoms with Gasteiger partial charge in [-0.1, -0.05) is 30.3 Å². The minimum atomic E-state index is -4.38. The Labute approximate surface area is 150 Å². The van der Waals surface area contributed by atoms with E-state index >= 15 is 0 Å². The number of hydrogen-bond acceptors (Lipinski definition) is 3. The number of nitrogens with zero attached hydrogens (tertiary/aromatic N) is 1. The highest BCUT2D eigenvalue weighted by atomic mass is 19.4. The standard InChI is InChI=1S/C19H21F3N2O2/c1-24(13-18(23)25)12-11-17(14-5-3-2-4-6-14)26-16-9-7-15(8-10-16)19(20,21)22/h2-10,17H,11-13H2,1H3,(H2,23,25). The molecule has 1 unspecified atom stereocenters. The van der Waals surface area contributed by atoms with Crippen molar-refractivity contribution in [3.8, 4) is 5.75 Å². The number of halogens is 3. The van der Waals surface area contributed by atoms with Crippen molar-refractivity contribution in [1.29, 1.82) is 0 Å². The van der Waals surface area contributed by atoms with Gasteiger partial charge in [0, 0.05) is 13.0 Å². The molecule has 7 heteroatoms. The van der Waals surface area contributed by atoms with Gasteiger partial charge < -0.3 is 10.5 Å². The fraction of sp³-hybridized carbons (Fsp3) is 0.316. The second-order valence-electron chi connectivity index (χ2n) is 6.03. The molecule has 0 fully saturated rings. The summed E-state index contributed by atoms with van der Waals surface area (Å²) in [5.41, 5.74) is 5.36. The second-order valence-corrected chi connectivity index (χ2v) is 6.03. The van der Waals surface area contributed by atoms with Crippen molar-refractivity contribution in [2.45, 2.75) is 18.7 Å². The Balaban J connectivity index is 2.10. The molecular formula is C19H21F3N2O2. The molecule has 2 rings (SSSR count). The molecule has 1 atom stereocenters. The molecule has 0 saturated heterocycles. The minimum absolute atomic E-state index is 0.127. The first-order valence-electron chi connectivity index (χ1n) is 8.11. The maximum absolute atomic E-state index is 12.7. The number of carbonyl (C=O) groups excluding carboxylic acids is 1. The van der Waals surface area contributed by atoms with Crippen LogP contribution in [-0.4, -0.2) is 30.9 Å². The molecule has 140 valence electrons. The molecule has 0 aromatic heterocycles. The molecule has 2 aromatic rings. The van der Waals surface area contributed by atoms with Crippen LogP contribution < -0.4 is 10.5 Å². The zero-order valence-corrected chi connectivity index (χ0v) is 14.4. The monoisotopic (exact) mass is 366 g/mol. The van der Waals surface area contributed by atoms with Crippen LogP contribution in [0.4, 0.5) is 13.2 Å². The van der Waals surface area contributed by atoms with Crippen LogP contribution in [0.15, 0.2) is 54.6 Å². The fourth-order valence-corrected chi connectivity index (χ4v) is 2.53. The summed E-state index contributed by atoms with van der Waals surface area (Å²) < 4.78 is 43.9. The van der Waals surface area contributed by atoms with Gasteiger partial charge in [0.25, 0.3) is 0 Å². The van der Waals surface area contributed by atoms with E-state index in [9.17, 15) is 18.0 Å². The summed E-state index contributed by atoms with van der Waals surface area (Å²) in [5, 5.41) is 0. The quantitative estimate of drug-likeness (QED) is 0.776. The number of nitrogens with two attached hydrogens (primary N) is 1. The van der Waals surface area contributed by atoms with Gasteiger partial charge in [-0.15, -0.1) is 0 Å². The van der Waals surface area contributed by atoms with E-state index in [1.807, 2.05) is 30.3 Å². The van der Waals surface area contributed by atoms with Crippen molar-refractivity contribution < 1.29 is 22.7 Å². The number of hydrogen-bond donors (Lipinski definition) is 1. The molecule has 0 bridgehead atoms. The van der Waals surface area contributed by atoms with Crippen LogP contribution >= 0.6 is 0 Å². The van der Waals surface area contributed by atoms with E-state index in [1.165, 1.54) is 12.1 Å². The highest BCUT2D eigenvalue weighted by Gasteiger charge is 2.30. The molecule has 0 aliphatic heterocycles. The maximum Gasteiger partial charge on any atom is 0.416 e. The molecule has 0 aliphatic carbocycles. The average Bonchev–Trinajstić information content (AvgIpc) is 2.58. The third-order valence-electron chi connectivity index (χ3n) is 3.83. The van der Waals surface area contributed by atoms with Crippen molar-refractivity contribution in [2.24, 2.45) is 5.73 Å². The van der Waals surface area contributed by atoms with Crippen molar-refractivity contribution >= 4 is 5.91 Å². The molecule has 0 spiro atoms. The smallest absolute Gasteiger partial charge is 0.416 e. The minimum Gasteiger partial charge on any atom is -0.486 e. The van der Waals surface area contributed by atoms with E-state index in [4.69, 9.17) is 10.5 Å². The van der Waals surface area contributed by atoms with Crippen LogP contribution in [-0.2, 0) is 11.0 Å². The Bertz CT molecular complexity index is 703. The zero-order chi connectivity index (χ0) is 19.2. The van der Waals surface area contributed by atoms with Gasteiger partial charge in [-0.3, -0.25) is 9.69 Å². The molecule has 4 nitrogen and oxygen atoms in total. The predicted molar refractivity (Wildman–Crippen MR) is 92.6 cm³/mol. The Morgan fingerprint density at radius 2 is 1.73 bits per heavy atom. The number of benzene rings is 2. The van der Waals surface area contributed by atoms with Crippen molar-refractivity contribution in [3.63, 3.8) is 0 Å². The lowest BCUT2D eigenvalue weighted by Gasteiger charge is -2.23. The summed E-state index contributed by atoms with van der Waals surface area (Å²) in [5.74, 6) is -0.0724. The van der Waals surface area contributed by atoms with Crippen LogP contribution in [0.2, 0.25) is 0 Å². The van der Waals surface area contributed by atoms with E-state index in [-0.39, 0.29) is 12.6 Å². The molecular weight excluding hydrogens is 345 g/mol. The first kappa shape index (κ1) is 19.8. The van der Waals surface area contributed by atoms with Gasteiger partial charge in [-0.25, -0.2) is 0 Å². The van der Waals surface area contributed by atoms with Gasteiger partial charge in [-0.2, -0.15) is 13.2 Å².